The van der Waals surface area contributed by atoms with Crippen molar-refractivity contribution in [1.82, 2.24) is 4.98 Å². The van der Waals surface area contributed by atoms with E-state index in [1.165, 1.54) is 0 Å². The van der Waals surface area contributed by atoms with E-state index < -0.39 is 0 Å². The Morgan fingerprint density at radius 3 is 2.41 bits per heavy atom. The molecule has 1 aromatic carbocycles. The van der Waals surface area contributed by atoms with Gasteiger partial charge in [0.2, 0.25) is 5.88 Å². The van der Waals surface area contributed by atoms with Crippen LogP contribution in [0.15, 0.2) is 30.5 Å². The van der Waals surface area contributed by atoms with Crippen LogP contribution < -0.4 is 9.47 Å². The van der Waals surface area contributed by atoms with Crippen LogP contribution in [0.3, 0.4) is 0 Å². The van der Waals surface area contributed by atoms with E-state index in [0.29, 0.717) is 17.2 Å². The van der Waals surface area contributed by atoms with E-state index in [-0.39, 0.29) is 5.41 Å². The summed E-state index contributed by atoms with van der Waals surface area (Å²) in [5.41, 5.74) is 3.07. The van der Waals surface area contributed by atoms with Gasteiger partial charge >= 0.3 is 0 Å². The molecule has 0 radical (unpaired) electrons. The van der Waals surface area contributed by atoms with Gasteiger partial charge in [0.1, 0.15) is 5.75 Å². The van der Waals surface area contributed by atoms with Gasteiger partial charge < -0.3 is 9.47 Å². The van der Waals surface area contributed by atoms with Crippen LogP contribution in [0.1, 0.15) is 36.7 Å². The third-order valence-electron chi connectivity index (χ3n) is 3.53. The molecule has 2 rings (SSSR count). The molecule has 0 aliphatic heterocycles. The largest absolute Gasteiger partial charge is 0.496 e. The van der Waals surface area contributed by atoms with Gasteiger partial charge in [0.25, 0.3) is 0 Å². The molecular formula is C18H21NO3. The number of ether oxygens (including phenoxy) is 2. The molecule has 1 heterocycles. The maximum Gasteiger partial charge on any atom is 0.221 e. The summed E-state index contributed by atoms with van der Waals surface area (Å²) in [5.74, 6) is 1.15. The average Bonchev–Trinajstić information content (AvgIpc) is 2.52. The summed E-state index contributed by atoms with van der Waals surface area (Å²) in [6, 6.07) is 7.61. The predicted octanol–water partition coefficient (Wildman–Crippen LogP) is 3.88. The summed E-state index contributed by atoms with van der Waals surface area (Å²) < 4.78 is 10.8. The highest BCUT2D eigenvalue weighted by Gasteiger charge is 2.23. The molecule has 0 atom stereocenters. The van der Waals surface area contributed by atoms with Crippen LogP contribution in [0, 0.1) is 0 Å². The first-order valence-corrected chi connectivity index (χ1v) is 7.09. The van der Waals surface area contributed by atoms with E-state index in [4.69, 9.17) is 9.47 Å². The molecule has 0 saturated heterocycles. The van der Waals surface area contributed by atoms with Crippen molar-refractivity contribution in [3.05, 3.63) is 41.6 Å². The number of rotatable bonds is 4. The number of hydrogen-bond donors (Lipinski definition) is 0. The molecular weight excluding hydrogens is 278 g/mol. The fraction of sp³-hybridized carbons (Fsp3) is 0.333. The van der Waals surface area contributed by atoms with Gasteiger partial charge in [0.05, 0.1) is 19.8 Å². The van der Waals surface area contributed by atoms with Gasteiger partial charge in [-0.1, -0.05) is 20.8 Å². The number of benzene rings is 1. The highest BCUT2D eigenvalue weighted by molar-refractivity contribution is 5.85. The molecule has 0 fully saturated rings. The summed E-state index contributed by atoms with van der Waals surface area (Å²) in [5, 5.41) is 0. The van der Waals surface area contributed by atoms with E-state index in [1.54, 1.807) is 26.5 Å². The zero-order valence-corrected chi connectivity index (χ0v) is 13.6. The molecule has 0 N–H and O–H groups in total. The zero-order valence-electron chi connectivity index (χ0n) is 13.6. The summed E-state index contributed by atoms with van der Waals surface area (Å²) in [7, 11) is 3.17. The maximum atomic E-state index is 11.5. The molecule has 0 saturated carbocycles. The van der Waals surface area contributed by atoms with Gasteiger partial charge in [0, 0.05) is 17.3 Å². The van der Waals surface area contributed by atoms with Crippen LogP contribution in [0.2, 0.25) is 0 Å². The van der Waals surface area contributed by atoms with Crippen LogP contribution in [-0.2, 0) is 5.41 Å². The zero-order chi connectivity index (χ0) is 16.3. The number of pyridine rings is 1. The van der Waals surface area contributed by atoms with Crippen LogP contribution in [0.25, 0.3) is 11.1 Å². The van der Waals surface area contributed by atoms with Crippen molar-refractivity contribution < 1.29 is 14.3 Å². The smallest absolute Gasteiger partial charge is 0.221 e. The van der Waals surface area contributed by atoms with E-state index >= 15 is 0 Å². The molecule has 4 nitrogen and oxygen atoms in total. The van der Waals surface area contributed by atoms with Crippen molar-refractivity contribution in [2.24, 2.45) is 0 Å². The highest BCUT2D eigenvalue weighted by Crippen LogP contribution is 2.39. The number of hydrogen-bond acceptors (Lipinski definition) is 4. The van der Waals surface area contributed by atoms with E-state index in [1.807, 2.05) is 18.2 Å². The Hall–Kier alpha value is -2.36. The SMILES string of the molecule is COc1ncccc1-c1cc(C=O)c(OC)c(C(C)(C)C)c1. The lowest BCUT2D eigenvalue weighted by Crippen LogP contribution is -2.14. The van der Waals surface area contributed by atoms with Gasteiger partial charge in [-0.05, 0) is 35.2 Å². The standard InChI is InChI=1S/C18H21NO3/c1-18(2,3)15-10-12(9-13(11-20)16(15)21-4)14-7-6-8-19-17(14)22-5/h6-11H,1-5H3. The number of nitrogens with zero attached hydrogens (tertiary/aromatic N) is 1. The minimum atomic E-state index is -0.158. The normalized spacial score (nSPS) is 11.1. The first-order chi connectivity index (χ1) is 10.4. The minimum Gasteiger partial charge on any atom is -0.496 e. The lowest BCUT2D eigenvalue weighted by Gasteiger charge is -2.24. The van der Waals surface area contributed by atoms with Crippen molar-refractivity contribution in [3.8, 4) is 22.8 Å². The lowest BCUT2D eigenvalue weighted by atomic mass is 9.83. The van der Waals surface area contributed by atoms with Crippen LogP contribution in [0.5, 0.6) is 11.6 Å². The van der Waals surface area contributed by atoms with E-state index in [2.05, 4.69) is 25.8 Å². The first-order valence-electron chi connectivity index (χ1n) is 7.09. The molecule has 0 aliphatic carbocycles. The van der Waals surface area contributed by atoms with Crippen molar-refractivity contribution in [2.45, 2.75) is 26.2 Å². The number of methoxy groups -OCH3 is 2. The van der Waals surface area contributed by atoms with Crippen molar-refractivity contribution >= 4 is 6.29 Å². The second-order valence-corrected chi connectivity index (χ2v) is 6.07. The minimum absolute atomic E-state index is 0.158. The number of aromatic nitrogens is 1. The second kappa shape index (κ2) is 6.18. The van der Waals surface area contributed by atoms with Gasteiger partial charge in [-0.2, -0.15) is 0 Å². The Morgan fingerprint density at radius 1 is 1.14 bits per heavy atom. The van der Waals surface area contributed by atoms with Gasteiger partial charge in [-0.15, -0.1) is 0 Å². The number of aldehydes is 1. The first kappa shape index (κ1) is 16.0. The van der Waals surface area contributed by atoms with Gasteiger partial charge in [0.15, 0.2) is 6.29 Å². The summed E-state index contributed by atoms with van der Waals surface area (Å²) in [6.45, 7) is 6.26. The molecule has 0 amide bonds. The summed E-state index contributed by atoms with van der Waals surface area (Å²) in [4.78, 5) is 15.7. The van der Waals surface area contributed by atoms with Gasteiger partial charge in [-0.25, -0.2) is 4.98 Å². The number of carbonyl (C=O) groups excluding carboxylic acids is 1. The topological polar surface area (TPSA) is 48.4 Å². The predicted molar refractivity (Wildman–Crippen MR) is 86.9 cm³/mol. The highest BCUT2D eigenvalue weighted by atomic mass is 16.5. The second-order valence-electron chi connectivity index (χ2n) is 6.07. The van der Waals surface area contributed by atoms with Crippen LogP contribution >= 0.6 is 0 Å². The average molecular weight is 299 g/mol. The monoisotopic (exact) mass is 299 g/mol. The molecule has 116 valence electrons. The Bertz CT molecular complexity index is 687. The fourth-order valence-corrected chi connectivity index (χ4v) is 2.45. The summed E-state index contributed by atoms with van der Waals surface area (Å²) >= 11 is 0. The van der Waals surface area contributed by atoms with Crippen molar-refractivity contribution in [1.29, 1.82) is 0 Å². The Kier molecular flexibility index (Phi) is 4.50. The molecule has 1 aromatic heterocycles. The maximum absolute atomic E-state index is 11.5. The Morgan fingerprint density at radius 2 is 1.86 bits per heavy atom. The van der Waals surface area contributed by atoms with E-state index in [0.717, 1.165) is 23.0 Å². The third-order valence-corrected chi connectivity index (χ3v) is 3.53. The molecule has 0 aliphatic rings. The van der Waals surface area contributed by atoms with Gasteiger partial charge in [-0.3, -0.25) is 4.79 Å². The molecule has 22 heavy (non-hydrogen) atoms. The van der Waals surface area contributed by atoms with E-state index in [9.17, 15) is 4.79 Å². The lowest BCUT2D eigenvalue weighted by molar-refractivity contribution is 0.112. The fourth-order valence-electron chi connectivity index (χ4n) is 2.45. The van der Waals surface area contributed by atoms with Crippen LogP contribution in [0.4, 0.5) is 0 Å². The Balaban J connectivity index is 2.76. The summed E-state index contributed by atoms with van der Waals surface area (Å²) in [6.07, 6.45) is 2.50. The molecule has 0 unspecified atom stereocenters. The molecule has 2 aromatic rings. The van der Waals surface area contributed by atoms with Crippen LogP contribution in [-0.4, -0.2) is 25.5 Å². The quantitative estimate of drug-likeness (QED) is 0.804. The van der Waals surface area contributed by atoms with Crippen molar-refractivity contribution in [2.75, 3.05) is 14.2 Å². The Labute approximate surface area is 131 Å². The molecule has 4 heteroatoms. The van der Waals surface area contributed by atoms with Crippen molar-refractivity contribution in [3.63, 3.8) is 0 Å². The third kappa shape index (κ3) is 2.96. The number of carbonyl (C=O) groups is 1. The molecule has 0 spiro atoms. The molecule has 0 bridgehead atoms.